The fourth-order valence-electron chi connectivity index (χ4n) is 2.36. The van der Waals surface area contributed by atoms with E-state index in [4.69, 9.17) is 4.74 Å². The topological polar surface area (TPSA) is 77.0 Å². The van der Waals surface area contributed by atoms with Gasteiger partial charge in [-0.1, -0.05) is 6.92 Å². The van der Waals surface area contributed by atoms with Gasteiger partial charge in [0, 0.05) is 36.2 Å². The highest BCUT2D eigenvalue weighted by Crippen LogP contribution is 2.23. The molecule has 6 nitrogen and oxygen atoms in total. The Bertz CT molecular complexity index is 966. The van der Waals surface area contributed by atoms with Crippen LogP contribution in [-0.4, -0.2) is 20.9 Å². The third-order valence-electron chi connectivity index (χ3n) is 3.51. The number of aryl methyl sites for hydroxylation is 1. The molecule has 27 heavy (non-hydrogen) atoms. The number of halogens is 2. The molecule has 0 aliphatic heterocycles. The predicted molar refractivity (Wildman–Crippen MR) is 94.4 cm³/mol. The van der Waals surface area contributed by atoms with Crippen LogP contribution in [0.2, 0.25) is 0 Å². The van der Waals surface area contributed by atoms with Crippen LogP contribution in [0.25, 0.3) is 0 Å². The minimum Gasteiger partial charge on any atom is -0.456 e. The molecule has 1 N–H and O–H groups in total. The summed E-state index contributed by atoms with van der Waals surface area (Å²) >= 11 is 0. The van der Waals surface area contributed by atoms with Gasteiger partial charge in [-0.2, -0.15) is 0 Å². The van der Waals surface area contributed by atoms with E-state index in [1.54, 1.807) is 12.1 Å². The molecule has 3 heterocycles. The number of carbonyl (C=O) groups excluding carboxylic acids is 1. The van der Waals surface area contributed by atoms with Crippen LogP contribution in [0, 0.1) is 11.6 Å². The monoisotopic (exact) mass is 370 g/mol. The Morgan fingerprint density at radius 1 is 1.07 bits per heavy atom. The van der Waals surface area contributed by atoms with Crippen molar-refractivity contribution in [2.75, 3.05) is 5.32 Å². The van der Waals surface area contributed by atoms with Gasteiger partial charge in [-0.15, -0.1) is 0 Å². The lowest BCUT2D eigenvalue weighted by Gasteiger charge is -2.10. The van der Waals surface area contributed by atoms with Gasteiger partial charge in [0.05, 0.1) is 24.5 Å². The van der Waals surface area contributed by atoms with Crippen molar-refractivity contribution in [3.8, 4) is 11.5 Å². The SMILES string of the molecule is CCc1cc(Oc2cncc(F)c2)cc(CC(=O)Nc2cc(F)ccn2)n1. The Morgan fingerprint density at radius 2 is 1.89 bits per heavy atom. The molecule has 8 heteroatoms. The van der Waals surface area contributed by atoms with E-state index in [2.05, 4.69) is 20.3 Å². The molecule has 0 unspecified atom stereocenters. The summed E-state index contributed by atoms with van der Waals surface area (Å²) in [6.07, 6.45) is 4.30. The molecule has 0 radical (unpaired) electrons. The lowest BCUT2D eigenvalue weighted by Crippen LogP contribution is -2.16. The number of pyridine rings is 3. The number of aromatic nitrogens is 3. The van der Waals surface area contributed by atoms with Crippen LogP contribution in [0.5, 0.6) is 11.5 Å². The molecule has 0 saturated heterocycles. The maximum Gasteiger partial charge on any atom is 0.231 e. The Kier molecular flexibility index (Phi) is 5.65. The standard InChI is InChI=1S/C19H16F2N4O2/c1-2-14-7-16(27-17-5-13(21)10-22-11-17)8-15(24-14)9-19(26)25-18-6-12(20)3-4-23-18/h3-8,10-11H,2,9H2,1H3,(H,23,25,26). The smallest absolute Gasteiger partial charge is 0.231 e. The van der Waals surface area contributed by atoms with Gasteiger partial charge in [-0.05, 0) is 12.5 Å². The van der Waals surface area contributed by atoms with Crippen LogP contribution in [0.15, 0.2) is 48.9 Å². The van der Waals surface area contributed by atoms with E-state index in [-0.39, 0.29) is 18.0 Å². The maximum atomic E-state index is 13.3. The summed E-state index contributed by atoms with van der Waals surface area (Å²) in [6, 6.07) is 6.82. The molecule has 0 aliphatic rings. The Labute approximate surface area is 154 Å². The molecule has 0 bridgehead atoms. The van der Waals surface area contributed by atoms with Gasteiger partial charge in [-0.25, -0.2) is 13.8 Å². The van der Waals surface area contributed by atoms with Gasteiger partial charge < -0.3 is 10.1 Å². The number of amides is 1. The van der Waals surface area contributed by atoms with Crippen molar-refractivity contribution in [1.29, 1.82) is 0 Å². The summed E-state index contributed by atoms with van der Waals surface area (Å²) in [5.74, 6) is -0.630. The number of carbonyl (C=O) groups is 1. The van der Waals surface area contributed by atoms with Crippen molar-refractivity contribution >= 4 is 11.7 Å². The molecule has 0 aromatic carbocycles. The summed E-state index contributed by atoms with van der Waals surface area (Å²) in [5.41, 5.74) is 1.17. The number of hydrogen-bond acceptors (Lipinski definition) is 5. The first-order valence-electron chi connectivity index (χ1n) is 8.21. The van der Waals surface area contributed by atoms with Crippen molar-refractivity contribution in [3.63, 3.8) is 0 Å². The van der Waals surface area contributed by atoms with E-state index in [0.717, 1.165) is 12.3 Å². The van der Waals surface area contributed by atoms with Crippen LogP contribution in [0.1, 0.15) is 18.3 Å². The number of anilines is 1. The first-order chi connectivity index (χ1) is 13.0. The van der Waals surface area contributed by atoms with Crippen LogP contribution in [0.3, 0.4) is 0 Å². The number of nitrogens with one attached hydrogen (secondary N) is 1. The summed E-state index contributed by atoms with van der Waals surface area (Å²) in [6.45, 7) is 1.91. The third-order valence-corrected chi connectivity index (χ3v) is 3.51. The maximum absolute atomic E-state index is 13.3. The molecule has 3 aromatic heterocycles. The van der Waals surface area contributed by atoms with Crippen LogP contribution in [0.4, 0.5) is 14.6 Å². The van der Waals surface area contributed by atoms with Crippen molar-refractivity contribution in [2.24, 2.45) is 0 Å². The van der Waals surface area contributed by atoms with E-state index in [9.17, 15) is 13.6 Å². The fraction of sp³-hybridized carbons (Fsp3) is 0.158. The molecule has 0 spiro atoms. The molecular weight excluding hydrogens is 354 g/mol. The second kappa shape index (κ2) is 8.31. The molecule has 0 saturated carbocycles. The average molecular weight is 370 g/mol. The van der Waals surface area contributed by atoms with Crippen LogP contribution >= 0.6 is 0 Å². The molecule has 0 atom stereocenters. The minimum atomic E-state index is -0.514. The third kappa shape index (κ3) is 5.27. The van der Waals surface area contributed by atoms with E-state index in [0.29, 0.717) is 23.6 Å². The van der Waals surface area contributed by atoms with E-state index in [1.807, 2.05) is 6.92 Å². The first-order valence-corrected chi connectivity index (χ1v) is 8.21. The zero-order valence-corrected chi connectivity index (χ0v) is 14.4. The van der Waals surface area contributed by atoms with Gasteiger partial charge in [0.25, 0.3) is 0 Å². The van der Waals surface area contributed by atoms with Crippen molar-refractivity contribution in [3.05, 3.63) is 71.9 Å². The van der Waals surface area contributed by atoms with Crippen LogP contribution in [-0.2, 0) is 17.6 Å². The van der Waals surface area contributed by atoms with Crippen LogP contribution < -0.4 is 10.1 Å². The Balaban J connectivity index is 1.75. The Hall–Kier alpha value is -3.42. The molecule has 0 fully saturated rings. The fourth-order valence-corrected chi connectivity index (χ4v) is 2.36. The number of ether oxygens (including phenoxy) is 1. The summed E-state index contributed by atoms with van der Waals surface area (Å²) < 4.78 is 32.1. The largest absolute Gasteiger partial charge is 0.456 e. The zero-order valence-electron chi connectivity index (χ0n) is 14.4. The van der Waals surface area contributed by atoms with E-state index in [1.165, 1.54) is 24.5 Å². The van der Waals surface area contributed by atoms with Crippen molar-refractivity contribution in [1.82, 2.24) is 15.0 Å². The molecule has 0 aliphatic carbocycles. The number of nitrogens with zero attached hydrogens (tertiary/aromatic N) is 3. The average Bonchev–Trinajstić information content (AvgIpc) is 2.61. The van der Waals surface area contributed by atoms with Gasteiger partial charge in [0.15, 0.2) is 0 Å². The zero-order chi connectivity index (χ0) is 19.2. The number of hydrogen-bond donors (Lipinski definition) is 1. The second-order valence-corrected chi connectivity index (χ2v) is 5.66. The van der Waals surface area contributed by atoms with Crippen molar-refractivity contribution < 1.29 is 18.3 Å². The predicted octanol–water partition coefficient (Wildman–Crippen LogP) is 3.69. The van der Waals surface area contributed by atoms with Gasteiger partial charge in [0.2, 0.25) is 5.91 Å². The summed E-state index contributed by atoms with van der Waals surface area (Å²) in [4.78, 5) is 24.2. The normalized spacial score (nSPS) is 10.5. The Morgan fingerprint density at radius 3 is 2.63 bits per heavy atom. The first kappa shape index (κ1) is 18.4. The van der Waals surface area contributed by atoms with E-state index < -0.39 is 17.5 Å². The molecule has 1 amide bonds. The molecule has 3 aromatic rings. The lowest BCUT2D eigenvalue weighted by atomic mass is 10.2. The second-order valence-electron chi connectivity index (χ2n) is 5.66. The minimum absolute atomic E-state index is 0.0518. The highest BCUT2D eigenvalue weighted by atomic mass is 19.1. The summed E-state index contributed by atoms with van der Waals surface area (Å²) in [7, 11) is 0. The quantitative estimate of drug-likeness (QED) is 0.716. The molecule has 3 rings (SSSR count). The highest BCUT2D eigenvalue weighted by molar-refractivity contribution is 5.91. The van der Waals surface area contributed by atoms with Gasteiger partial charge >= 0.3 is 0 Å². The van der Waals surface area contributed by atoms with Gasteiger partial charge in [0.1, 0.15) is 29.0 Å². The van der Waals surface area contributed by atoms with E-state index >= 15 is 0 Å². The molecule has 138 valence electrons. The molecular formula is C19H16F2N4O2. The number of rotatable bonds is 6. The summed E-state index contributed by atoms with van der Waals surface area (Å²) in [5, 5.41) is 2.51. The lowest BCUT2D eigenvalue weighted by molar-refractivity contribution is -0.115. The van der Waals surface area contributed by atoms with Crippen molar-refractivity contribution in [2.45, 2.75) is 19.8 Å². The highest BCUT2D eigenvalue weighted by Gasteiger charge is 2.10. The van der Waals surface area contributed by atoms with Gasteiger partial charge in [-0.3, -0.25) is 14.8 Å².